The number of hydrogen-bond donors (Lipinski definition) is 1. The van der Waals surface area contributed by atoms with Crippen LogP contribution in [0.25, 0.3) is 0 Å². The number of carbonyl (C=O) groups is 1. The van der Waals surface area contributed by atoms with Crippen molar-refractivity contribution in [2.75, 3.05) is 0 Å². The Morgan fingerprint density at radius 3 is 2.62 bits per heavy atom. The summed E-state index contributed by atoms with van der Waals surface area (Å²) in [5.74, 6) is -0.0860. The summed E-state index contributed by atoms with van der Waals surface area (Å²) in [4.78, 5) is 11.2. The maximum atomic E-state index is 11.2. The highest BCUT2D eigenvalue weighted by molar-refractivity contribution is 5.78. The predicted molar refractivity (Wildman–Crippen MR) is 63.8 cm³/mol. The molecule has 0 radical (unpaired) electrons. The van der Waals surface area contributed by atoms with Gasteiger partial charge >= 0.3 is 5.97 Å². The van der Waals surface area contributed by atoms with E-state index in [9.17, 15) is 9.90 Å². The molecule has 0 saturated heterocycles. The molecule has 86 valence electrons. The summed E-state index contributed by atoms with van der Waals surface area (Å²) < 4.78 is 0. The first-order valence-electron chi connectivity index (χ1n) is 5.84. The summed E-state index contributed by atoms with van der Waals surface area (Å²) in [6.45, 7) is 6.40. The lowest BCUT2D eigenvalue weighted by Gasteiger charge is -2.15. The van der Waals surface area contributed by atoms with E-state index >= 15 is 0 Å². The molecule has 1 aliphatic rings. The summed E-state index contributed by atoms with van der Waals surface area (Å²) in [6, 6.07) is 6.16. The van der Waals surface area contributed by atoms with Crippen LogP contribution in [0.4, 0.5) is 0 Å². The first kappa shape index (κ1) is 11.2. The monoisotopic (exact) mass is 218 g/mol. The van der Waals surface area contributed by atoms with E-state index in [1.54, 1.807) is 0 Å². The normalized spacial score (nSPS) is 23.5. The summed E-state index contributed by atoms with van der Waals surface area (Å²) in [7, 11) is 0. The van der Waals surface area contributed by atoms with Gasteiger partial charge in [-0.2, -0.15) is 0 Å². The van der Waals surface area contributed by atoms with Crippen molar-refractivity contribution >= 4 is 5.97 Å². The second-order valence-corrected chi connectivity index (χ2v) is 5.11. The van der Waals surface area contributed by atoms with E-state index in [1.165, 1.54) is 11.1 Å². The third-order valence-corrected chi connectivity index (χ3v) is 3.61. The second-order valence-electron chi connectivity index (χ2n) is 5.11. The quantitative estimate of drug-likeness (QED) is 0.826. The van der Waals surface area contributed by atoms with Crippen molar-refractivity contribution in [1.29, 1.82) is 0 Å². The van der Waals surface area contributed by atoms with Crippen molar-refractivity contribution in [2.24, 2.45) is 5.92 Å². The maximum absolute atomic E-state index is 11.2. The minimum atomic E-state index is -0.687. The molecule has 0 aromatic heterocycles. The zero-order chi connectivity index (χ0) is 11.9. The molecular weight excluding hydrogens is 200 g/mol. The molecule has 2 heteroatoms. The number of aliphatic carboxylic acids is 1. The molecule has 2 rings (SSSR count). The van der Waals surface area contributed by atoms with Crippen LogP contribution in [-0.4, -0.2) is 11.1 Å². The molecule has 0 saturated carbocycles. The van der Waals surface area contributed by atoms with Crippen LogP contribution in [0.5, 0.6) is 0 Å². The van der Waals surface area contributed by atoms with Crippen LogP contribution in [0.3, 0.4) is 0 Å². The molecule has 16 heavy (non-hydrogen) atoms. The summed E-state index contributed by atoms with van der Waals surface area (Å²) in [5, 5.41) is 9.23. The van der Waals surface area contributed by atoms with E-state index in [0.29, 0.717) is 11.8 Å². The highest BCUT2D eigenvalue weighted by atomic mass is 16.4. The number of benzene rings is 1. The zero-order valence-electron chi connectivity index (χ0n) is 10.0. The minimum absolute atomic E-state index is 0.303. The standard InChI is InChI=1S/C14H18O2/c1-8(2)11-7-13(14(15)16)10-5-4-9(3)6-12(10)11/h4-6,8,11,13H,7H2,1-3H3,(H,15,16). The molecule has 1 N–H and O–H groups in total. The number of carboxylic acids is 1. The highest BCUT2D eigenvalue weighted by Crippen LogP contribution is 2.45. The predicted octanol–water partition coefficient (Wildman–Crippen LogP) is 3.31. The Morgan fingerprint density at radius 1 is 1.38 bits per heavy atom. The Balaban J connectivity index is 2.48. The van der Waals surface area contributed by atoms with Crippen molar-refractivity contribution in [1.82, 2.24) is 0 Å². The number of fused-ring (bicyclic) bond motifs is 1. The number of hydrogen-bond acceptors (Lipinski definition) is 1. The molecule has 1 aliphatic carbocycles. The average molecular weight is 218 g/mol. The Hall–Kier alpha value is -1.31. The van der Waals surface area contributed by atoms with E-state index in [1.807, 2.05) is 12.1 Å². The molecule has 1 aromatic rings. The topological polar surface area (TPSA) is 37.3 Å². The van der Waals surface area contributed by atoms with Gasteiger partial charge in [-0.15, -0.1) is 0 Å². The van der Waals surface area contributed by atoms with Gasteiger partial charge in [-0.25, -0.2) is 0 Å². The van der Waals surface area contributed by atoms with E-state index in [2.05, 4.69) is 26.8 Å². The van der Waals surface area contributed by atoms with Gasteiger partial charge in [0.05, 0.1) is 5.92 Å². The van der Waals surface area contributed by atoms with Gasteiger partial charge in [-0.1, -0.05) is 37.6 Å². The average Bonchev–Trinajstić information content (AvgIpc) is 2.56. The molecule has 2 atom stereocenters. The zero-order valence-corrected chi connectivity index (χ0v) is 10.0. The van der Waals surface area contributed by atoms with Crippen molar-refractivity contribution in [3.63, 3.8) is 0 Å². The number of aryl methyl sites for hydroxylation is 1. The SMILES string of the molecule is Cc1ccc2c(c1)C(C(C)C)CC2C(=O)O. The molecule has 0 fully saturated rings. The number of carboxylic acid groups (broad SMARTS) is 1. The van der Waals surface area contributed by atoms with Crippen LogP contribution in [-0.2, 0) is 4.79 Å². The van der Waals surface area contributed by atoms with Gasteiger partial charge in [0.25, 0.3) is 0 Å². The van der Waals surface area contributed by atoms with Crippen LogP contribution in [0, 0.1) is 12.8 Å². The highest BCUT2D eigenvalue weighted by Gasteiger charge is 2.36. The van der Waals surface area contributed by atoms with Crippen LogP contribution in [0.15, 0.2) is 18.2 Å². The van der Waals surface area contributed by atoms with Crippen LogP contribution < -0.4 is 0 Å². The molecule has 0 spiro atoms. The maximum Gasteiger partial charge on any atom is 0.311 e. The van der Waals surface area contributed by atoms with Crippen molar-refractivity contribution in [3.8, 4) is 0 Å². The smallest absolute Gasteiger partial charge is 0.311 e. The minimum Gasteiger partial charge on any atom is -0.481 e. The summed E-state index contributed by atoms with van der Waals surface area (Å²) >= 11 is 0. The van der Waals surface area contributed by atoms with Crippen molar-refractivity contribution in [3.05, 3.63) is 34.9 Å². The first-order valence-corrected chi connectivity index (χ1v) is 5.84. The Bertz CT molecular complexity index is 421. The molecular formula is C14H18O2. The number of rotatable bonds is 2. The Kier molecular flexibility index (Phi) is 2.75. The lowest BCUT2D eigenvalue weighted by molar-refractivity contribution is -0.138. The van der Waals surface area contributed by atoms with Gasteiger partial charge in [0, 0.05) is 0 Å². The van der Waals surface area contributed by atoms with Gasteiger partial charge in [0.15, 0.2) is 0 Å². The van der Waals surface area contributed by atoms with Crippen LogP contribution in [0.2, 0.25) is 0 Å². The molecule has 0 heterocycles. The second kappa shape index (κ2) is 3.93. The fourth-order valence-electron chi connectivity index (χ4n) is 2.71. The summed E-state index contributed by atoms with van der Waals surface area (Å²) in [5.41, 5.74) is 3.50. The van der Waals surface area contributed by atoms with Gasteiger partial charge in [0.1, 0.15) is 0 Å². The third-order valence-electron chi connectivity index (χ3n) is 3.61. The van der Waals surface area contributed by atoms with E-state index in [4.69, 9.17) is 0 Å². The van der Waals surface area contributed by atoms with E-state index in [-0.39, 0.29) is 5.92 Å². The Morgan fingerprint density at radius 2 is 2.06 bits per heavy atom. The van der Waals surface area contributed by atoms with E-state index < -0.39 is 5.97 Å². The Labute approximate surface area is 96.3 Å². The fraction of sp³-hybridized carbons (Fsp3) is 0.500. The summed E-state index contributed by atoms with van der Waals surface area (Å²) in [6.07, 6.45) is 0.756. The fourth-order valence-corrected chi connectivity index (χ4v) is 2.71. The lowest BCUT2D eigenvalue weighted by atomic mass is 9.89. The molecule has 0 amide bonds. The molecule has 0 aliphatic heterocycles. The van der Waals surface area contributed by atoms with Crippen LogP contribution in [0.1, 0.15) is 48.8 Å². The first-order chi connectivity index (χ1) is 7.50. The van der Waals surface area contributed by atoms with Gasteiger partial charge in [-0.05, 0) is 36.3 Å². The largest absolute Gasteiger partial charge is 0.481 e. The van der Waals surface area contributed by atoms with Gasteiger partial charge < -0.3 is 5.11 Å². The molecule has 2 nitrogen and oxygen atoms in total. The van der Waals surface area contributed by atoms with Crippen molar-refractivity contribution in [2.45, 2.75) is 39.0 Å². The lowest BCUT2D eigenvalue weighted by Crippen LogP contribution is -2.09. The van der Waals surface area contributed by atoms with E-state index in [0.717, 1.165) is 12.0 Å². The molecule has 1 aromatic carbocycles. The van der Waals surface area contributed by atoms with Crippen molar-refractivity contribution < 1.29 is 9.90 Å². The van der Waals surface area contributed by atoms with Crippen LogP contribution >= 0.6 is 0 Å². The third kappa shape index (κ3) is 1.73. The molecule has 2 unspecified atom stereocenters. The van der Waals surface area contributed by atoms with Gasteiger partial charge in [0.2, 0.25) is 0 Å². The molecule has 0 bridgehead atoms. The van der Waals surface area contributed by atoms with Gasteiger partial charge in [-0.3, -0.25) is 4.79 Å².